The number of cyclic esters (lactones) is 1. The molecule has 0 aromatic heterocycles. The van der Waals surface area contributed by atoms with Gasteiger partial charge in [-0.05, 0) is 20.3 Å². The Kier molecular flexibility index (Phi) is 9.10. The molecule has 2 aliphatic rings. The van der Waals surface area contributed by atoms with Gasteiger partial charge in [0.1, 0.15) is 11.9 Å². The van der Waals surface area contributed by atoms with Gasteiger partial charge in [0.15, 0.2) is 0 Å². The number of hydrogen-bond acceptors (Lipinski definition) is 7. The van der Waals surface area contributed by atoms with E-state index in [1.165, 1.54) is 0 Å². The van der Waals surface area contributed by atoms with Crippen molar-refractivity contribution < 1.29 is 24.5 Å². The fraction of sp³-hybridized carbons (Fsp3) is 0.708. The van der Waals surface area contributed by atoms with Crippen LogP contribution in [0.5, 0.6) is 0 Å². The highest BCUT2D eigenvalue weighted by Gasteiger charge is 2.42. The molecule has 2 aliphatic heterocycles. The Morgan fingerprint density at radius 2 is 1.87 bits per heavy atom. The number of nitrogens with zero attached hydrogens (tertiary/aromatic N) is 1. The highest BCUT2D eigenvalue weighted by atomic mass is 32.2. The van der Waals surface area contributed by atoms with E-state index < -0.39 is 35.6 Å². The number of esters is 1. The van der Waals surface area contributed by atoms with Crippen molar-refractivity contribution in [2.75, 3.05) is 5.75 Å². The van der Waals surface area contributed by atoms with E-state index in [0.29, 0.717) is 12.8 Å². The summed E-state index contributed by atoms with van der Waals surface area (Å²) in [6.45, 7) is 10.7. The van der Waals surface area contributed by atoms with E-state index >= 15 is 0 Å². The Balaban J connectivity index is 2.32. The predicted octanol–water partition coefficient (Wildman–Crippen LogP) is 3.71. The Bertz CT molecular complexity index is 757. The predicted molar refractivity (Wildman–Crippen MR) is 125 cm³/mol. The van der Waals surface area contributed by atoms with Gasteiger partial charge in [-0.15, -0.1) is 11.8 Å². The van der Waals surface area contributed by atoms with Crippen molar-refractivity contribution in [3.05, 3.63) is 23.8 Å². The quantitative estimate of drug-likeness (QED) is 0.466. The molecule has 31 heavy (non-hydrogen) atoms. The third kappa shape index (κ3) is 6.77. The third-order valence-corrected chi connectivity index (χ3v) is 7.42. The molecule has 6 nitrogen and oxygen atoms in total. The summed E-state index contributed by atoms with van der Waals surface area (Å²) >= 11 is 1.65. The minimum Gasteiger partial charge on any atom is -0.460 e. The second kappa shape index (κ2) is 10.9. The first-order chi connectivity index (χ1) is 14.4. The topological polar surface area (TPSA) is 96.2 Å². The van der Waals surface area contributed by atoms with Crippen molar-refractivity contribution >= 4 is 28.6 Å². The van der Waals surface area contributed by atoms with Crippen LogP contribution in [0.25, 0.3) is 0 Å². The van der Waals surface area contributed by atoms with Gasteiger partial charge in [0.05, 0.1) is 35.1 Å². The van der Waals surface area contributed by atoms with Crippen LogP contribution in [0.3, 0.4) is 0 Å². The van der Waals surface area contributed by atoms with Crippen molar-refractivity contribution in [1.29, 1.82) is 0 Å². The lowest BCUT2D eigenvalue weighted by atomic mass is 9.73. The Morgan fingerprint density at radius 1 is 1.19 bits per heavy atom. The number of aliphatic hydroxyl groups excluding tert-OH is 2. The van der Waals surface area contributed by atoms with Crippen molar-refractivity contribution in [3.8, 4) is 0 Å². The molecule has 0 aliphatic carbocycles. The van der Waals surface area contributed by atoms with Crippen LogP contribution in [0, 0.1) is 17.3 Å². The molecule has 0 aromatic carbocycles. The number of aliphatic hydroxyl groups is 2. The van der Waals surface area contributed by atoms with E-state index in [1.807, 2.05) is 32.9 Å². The van der Waals surface area contributed by atoms with Crippen LogP contribution in [-0.4, -0.2) is 57.1 Å². The summed E-state index contributed by atoms with van der Waals surface area (Å²) in [6.07, 6.45) is 4.49. The fourth-order valence-electron chi connectivity index (χ4n) is 3.96. The van der Waals surface area contributed by atoms with Gasteiger partial charge in [-0.3, -0.25) is 14.6 Å². The first-order valence-corrected chi connectivity index (χ1v) is 12.0. The highest BCUT2D eigenvalue weighted by Crippen LogP contribution is 2.32. The maximum absolute atomic E-state index is 13.1. The number of ketones is 1. The lowest BCUT2D eigenvalue weighted by molar-refractivity contribution is -0.156. The van der Waals surface area contributed by atoms with Gasteiger partial charge in [-0.25, -0.2) is 0 Å². The second-order valence-corrected chi connectivity index (χ2v) is 10.6. The van der Waals surface area contributed by atoms with Gasteiger partial charge in [-0.1, -0.05) is 51.5 Å². The second-order valence-electron chi connectivity index (χ2n) is 9.42. The van der Waals surface area contributed by atoms with Crippen molar-refractivity contribution in [1.82, 2.24) is 0 Å². The Labute approximate surface area is 190 Å². The standard InChI is InChI=1S/C24H37NO5S/c1-14-8-7-9-15(2)22(28)16(3)23(29)24(5,6)20(26)12-21(27)30-19(11-10-14)18-13-31-17(4)25-18/h7,9-10,15-16,18-20,22,26,28H,8,11-13H2,1-6H3/b9-7+,14-10-/t15-,16+,18?,19-,20-,22-/m0/s1. The van der Waals surface area contributed by atoms with E-state index in [-0.39, 0.29) is 24.2 Å². The first-order valence-electron chi connectivity index (χ1n) is 11.0. The molecule has 0 saturated heterocycles. The van der Waals surface area contributed by atoms with E-state index in [0.717, 1.165) is 16.4 Å². The molecule has 2 N–H and O–H groups in total. The number of allylic oxidation sites excluding steroid dienone is 2. The number of thioether (sulfide) groups is 1. The number of rotatable bonds is 1. The van der Waals surface area contributed by atoms with Crippen LogP contribution in [-0.2, 0) is 14.3 Å². The molecule has 7 heteroatoms. The molecule has 0 saturated carbocycles. The van der Waals surface area contributed by atoms with Crippen molar-refractivity contribution in [2.45, 2.75) is 85.2 Å². The molecular formula is C24H37NO5S. The zero-order valence-electron chi connectivity index (χ0n) is 19.5. The monoisotopic (exact) mass is 451 g/mol. The average Bonchev–Trinajstić information content (AvgIpc) is 3.14. The van der Waals surface area contributed by atoms with E-state index in [1.54, 1.807) is 32.5 Å². The van der Waals surface area contributed by atoms with E-state index in [4.69, 9.17) is 4.74 Å². The van der Waals surface area contributed by atoms with Crippen LogP contribution in [0.4, 0.5) is 0 Å². The van der Waals surface area contributed by atoms with Gasteiger partial charge < -0.3 is 14.9 Å². The summed E-state index contributed by atoms with van der Waals surface area (Å²) in [7, 11) is 0. The Morgan fingerprint density at radius 3 is 2.48 bits per heavy atom. The lowest BCUT2D eigenvalue weighted by Crippen LogP contribution is -2.45. The molecule has 174 valence electrons. The molecule has 2 heterocycles. The lowest BCUT2D eigenvalue weighted by Gasteiger charge is -2.34. The van der Waals surface area contributed by atoms with Crippen LogP contribution >= 0.6 is 11.8 Å². The minimum atomic E-state index is -1.21. The molecule has 6 atom stereocenters. The van der Waals surface area contributed by atoms with Gasteiger partial charge in [0, 0.05) is 24.0 Å². The molecular weight excluding hydrogens is 414 g/mol. The smallest absolute Gasteiger partial charge is 0.308 e. The summed E-state index contributed by atoms with van der Waals surface area (Å²) in [5.41, 5.74) is -0.0631. The van der Waals surface area contributed by atoms with Crippen LogP contribution < -0.4 is 0 Å². The van der Waals surface area contributed by atoms with Gasteiger partial charge in [-0.2, -0.15) is 0 Å². The summed E-state index contributed by atoms with van der Waals surface area (Å²) in [4.78, 5) is 30.4. The van der Waals surface area contributed by atoms with Gasteiger partial charge >= 0.3 is 5.97 Å². The molecule has 2 rings (SSSR count). The van der Waals surface area contributed by atoms with E-state index in [9.17, 15) is 19.8 Å². The van der Waals surface area contributed by atoms with Gasteiger partial charge in [0.2, 0.25) is 0 Å². The summed E-state index contributed by atoms with van der Waals surface area (Å²) in [5.74, 6) is -0.935. The van der Waals surface area contributed by atoms with Gasteiger partial charge in [0.25, 0.3) is 0 Å². The minimum absolute atomic E-state index is 0.116. The number of carbonyl (C=O) groups excluding carboxylic acids is 2. The molecule has 0 amide bonds. The molecule has 0 aromatic rings. The molecule has 0 bridgehead atoms. The maximum atomic E-state index is 13.1. The molecule has 0 fully saturated rings. The van der Waals surface area contributed by atoms with E-state index in [2.05, 4.69) is 11.1 Å². The highest BCUT2D eigenvalue weighted by molar-refractivity contribution is 8.14. The zero-order chi connectivity index (χ0) is 23.3. The first kappa shape index (κ1) is 25.8. The maximum Gasteiger partial charge on any atom is 0.308 e. The normalized spacial score (nSPS) is 38.7. The molecule has 1 unspecified atom stereocenters. The molecule has 0 radical (unpaired) electrons. The summed E-state index contributed by atoms with van der Waals surface area (Å²) in [5, 5.41) is 22.4. The summed E-state index contributed by atoms with van der Waals surface area (Å²) in [6, 6.07) is -0.116. The molecule has 0 spiro atoms. The number of hydrogen-bond donors (Lipinski definition) is 2. The van der Waals surface area contributed by atoms with Crippen LogP contribution in [0.15, 0.2) is 28.8 Å². The van der Waals surface area contributed by atoms with Crippen molar-refractivity contribution in [2.24, 2.45) is 22.2 Å². The number of ether oxygens (including phenoxy) is 1. The SMILES string of the molecule is CC1=NC([C@@H]2C/C=C(/C)C/C=C/[C@H](C)[C@H](O)[C@@H](C)C(=O)C(C)(C)[C@@H](O)CC(=O)O2)CS1. The zero-order valence-corrected chi connectivity index (χ0v) is 20.3. The average molecular weight is 452 g/mol. The summed E-state index contributed by atoms with van der Waals surface area (Å²) < 4.78 is 5.75. The third-order valence-electron chi connectivity index (χ3n) is 6.39. The largest absolute Gasteiger partial charge is 0.460 e. The number of aliphatic imine (C=N–C) groups is 1. The Hall–Kier alpha value is -1.44. The number of carbonyl (C=O) groups is 2. The fourth-order valence-corrected chi connectivity index (χ4v) is 4.87. The number of Topliss-reactive ketones (excluding diaryl/α,β-unsaturated/α-hetero) is 1. The van der Waals surface area contributed by atoms with Crippen LogP contribution in [0.1, 0.15) is 60.8 Å². The van der Waals surface area contributed by atoms with Crippen LogP contribution in [0.2, 0.25) is 0 Å². The van der Waals surface area contributed by atoms with Crippen molar-refractivity contribution in [3.63, 3.8) is 0 Å².